The van der Waals surface area contributed by atoms with Gasteiger partial charge in [-0.25, -0.2) is 0 Å². The zero-order valence-corrected chi connectivity index (χ0v) is 7.82. The van der Waals surface area contributed by atoms with E-state index in [4.69, 9.17) is 4.74 Å². The minimum absolute atomic E-state index is 0.179. The molecule has 0 saturated heterocycles. The molecule has 1 fully saturated rings. The topological polar surface area (TPSA) is 29.5 Å². The Morgan fingerprint density at radius 2 is 1.83 bits per heavy atom. The van der Waals surface area contributed by atoms with Crippen molar-refractivity contribution in [3.05, 3.63) is 0 Å². The fourth-order valence-electron chi connectivity index (χ4n) is 1.78. The third kappa shape index (κ3) is 2.48. The van der Waals surface area contributed by atoms with E-state index in [1.807, 2.05) is 0 Å². The summed E-state index contributed by atoms with van der Waals surface area (Å²) in [5.74, 6) is 0. The summed E-state index contributed by atoms with van der Waals surface area (Å²) in [6.45, 7) is 0.570. The average Bonchev–Trinajstić information content (AvgIpc) is 2.06. The maximum Gasteiger partial charge on any atom is 0.293 e. The summed E-state index contributed by atoms with van der Waals surface area (Å²) in [5, 5.41) is 0. The van der Waals surface area contributed by atoms with Crippen molar-refractivity contribution in [2.24, 2.45) is 0 Å². The lowest BCUT2D eigenvalue weighted by molar-refractivity contribution is -0.135. The van der Waals surface area contributed by atoms with Crippen LogP contribution in [0, 0.1) is 0 Å². The molecule has 0 radical (unpaired) electrons. The van der Waals surface area contributed by atoms with Gasteiger partial charge in [-0.1, -0.05) is 0 Å². The monoisotopic (exact) mass is 171 g/mol. The van der Waals surface area contributed by atoms with Crippen LogP contribution in [-0.4, -0.2) is 37.6 Å². The van der Waals surface area contributed by atoms with Gasteiger partial charge >= 0.3 is 0 Å². The normalized spacial score (nSPS) is 30.2. The zero-order valence-electron chi connectivity index (χ0n) is 7.82. The van der Waals surface area contributed by atoms with Gasteiger partial charge in [-0.2, -0.15) is 0 Å². The van der Waals surface area contributed by atoms with Crippen LogP contribution >= 0.6 is 0 Å². The average molecular weight is 171 g/mol. The van der Waals surface area contributed by atoms with E-state index in [1.165, 1.54) is 0 Å². The molecule has 0 bridgehead atoms. The van der Waals surface area contributed by atoms with Crippen molar-refractivity contribution in [2.75, 3.05) is 14.1 Å². The number of carbonyl (C=O) groups excluding carboxylic acids is 1. The molecule has 3 nitrogen and oxygen atoms in total. The second kappa shape index (κ2) is 4.45. The summed E-state index contributed by atoms with van der Waals surface area (Å²) < 4.78 is 4.91. The number of carbonyl (C=O) groups is 1. The van der Waals surface area contributed by atoms with Crippen LogP contribution in [0.2, 0.25) is 0 Å². The summed E-state index contributed by atoms with van der Waals surface area (Å²) >= 11 is 0. The van der Waals surface area contributed by atoms with Crippen LogP contribution in [0.25, 0.3) is 0 Å². The van der Waals surface area contributed by atoms with Gasteiger partial charge in [0.1, 0.15) is 6.10 Å². The van der Waals surface area contributed by atoms with Crippen molar-refractivity contribution in [2.45, 2.75) is 37.8 Å². The fourth-order valence-corrected chi connectivity index (χ4v) is 1.78. The molecule has 0 aromatic rings. The lowest BCUT2D eigenvalue weighted by atomic mass is 9.92. The summed E-state index contributed by atoms with van der Waals surface area (Å²) in [5.41, 5.74) is 0. The van der Waals surface area contributed by atoms with Crippen molar-refractivity contribution in [3.63, 3.8) is 0 Å². The SMILES string of the molecule is CN(C)C1CCC(OC=O)CC1. The van der Waals surface area contributed by atoms with Gasteiger partial charge in [0, 0.05) is 6.04 Å². The third-order valence-corrected chi connectivity index (χ3v) is 2.62. The van der Waals surface area contributed by atoms with Crippen LogP contribution in [0.1, 0.15) is 25.7 Å². The van der Waals surface area contributed by atoms with Crippen LogP contribution < -0.4 is 0 Å². The molecular formula is C9H17NO2. The molecule has 3 heteroatoms. The van der Waals surface area contributed by atoms with Crippen molar-refractivity contribution in [1.29, 1.82) is 0 Å². The van der Waals surface area contributed by atoms with E-state index < -0.39 is 0 Å². The van der Waals surface area contributed by atoms with Crippen LogP contribution in [0.5, 0.6) is 0 Å². The highest BCUT2D eigenvalue weighted by Gasteiger charge is 2.22. The molecule has 12 heavy (non-hydrogen) atoms. The standard InChI is InChI=1S/C9H17NO2/c1-10(2)8-3-5-9(6-4-8)12-7-11/h7-9H,3-6H2,1-2H3. The van der Waals surface area contributed by atoms with Crippen molar-refractivity contribution in [3.8, 4) is 0 Å². The molecule has 1 aliphatic rings. The number of hydrogen-bond acceptors (Lipinski definition) is 3. The number of rotatable bonds is 3. The van der Waals surface area contributed by atoms with E-state index in [2.05, 4.69) is 19.0 Å². The number of ether oxygens (including phenoxy) is 1. The molecule has 70 valence electrons. The molecule has 0 aromatic carbocycles. The van der Waals surface area contributed by atoms with E-state index in [0.717, 1.165) is 25.7 Å². The predicted molar refractivity (Wildman–Crippen MR) is 46.9 cm³/mol. The Bertz CT molecular complexity index is 139. The first-order valence-electron chi connectivity index (χ1n) is 4.49. The molecule has 0 spiro atoms. The molecule has 0 aliphatic heterocycles. The summed E-state index contributed by atoms with van der Waals surface area (Å²) in [6.07, 6.45) is 4.50. The first kappa shape index (κ1) is 9.52. The summed E-state index contributed by atoms with van der Waals surface area (Å²) in [4.78, 5) is 12.3. The fraction of sp³-hybridized carbons (Fsp3) is 0.889. The van der Waals surface area contributed by atoms with Gasteiger partial charge in [-0.3, -0.25) is 4.79 Å². The van der Waals surface area contributed by atoms with E-state index >= 15 is 0 Å². The molecule has 0 heterocycles. The van der Waals surface area contributed by atoms with Gasteiger partial charge in [0.25, 0.3) is 6.47 Å². The third-order valence-electron chi connectivity index (χ3n) is 2.62. The van der Waals surface area contributed by atoms with Crippen LogP contribution in [0.15, 0.2) is 0 Å². The molecule has 1 rings (SSSR count). The van der Waals surface area contributed by atoms with Gasteiger partial charge in [0.05, 0.1) is 0 Å². The molecular weight excluding hydrogens is 154 g/mol. The highest BCUT2D eigenvalue weighted by molar-refractivity contribution is 5.37. The van der Waals surface area contributed by atoms with Crippen LogP contribution in [0.4, 0.5) is 0 Å². The molecule has 0 aromatic heterocycles. The molecule has 0 atom stereocenters. The maximum atomic E-state index is 10.1. The molecule has 1 saturated carbocycles. The predicted octanol–water partition coefficient (Wildman–Crippen LogP) is 1.03. The van der Waals surface area contributed by atoms with E-state index in [9.17, 15) is 4.79 Å². The van der Waals surface area contributed by atoms with Gasteiger partial charge < -0.3 is 9.64 Å². The Kier molecular flexibility index (Phi) is 3.53. The van der Waals surface area contributed by atoms with Gasteiger partial charge in [0.2, 0.25) is 0 Å². The summed E-state index contributed by atoms with van der Waals surface area (Å²) in [7, 11) is 4.21. The highest BCUT2D eigenvalue weighted by Crippen LogP contribution is 2.22. The van der Waals surface area contributed by atoms with Crippen molar-refractivity contribution >= 4 is 6.47 Å². The lowest BCUT2D eigenvalue weighted by Gasteiger charge is -2.31. The van der Waals surface area contributed by atoms with Gasteiger partial charge in [0.15, 0.2) is 0 Å². The smallest absolute Gasteiger partial charge is 0.293 e. The first-order chi connectivity index (χ1) is 5.74. The second-order valence-electron chi connectivity index (χ2n) is 3.63. The van der Waals surface area contributed by atoms with Crippen molar-refractivity contribution < 1.29 is 9.53 Å². The van der Waals surface area contributed by atoms with E-state index in [0.29, 0.717) is 12.5 Å². The largest absolute Gasteiger partial charge is 0.465 e. The number of nitrogens with zero attached hydrogens (tertiary/aromatic N) is 1. The Balaban J connectivity index is 2.24. The van der Waals surface area contributed by atoms with E-state index in [-0.39, 0.29) is 6.10 Å². The molecule has 0 amide bonds. The molecule has 1 aliphatic carbocycles. The Morgan fingerprint density at radius 3 is 2.25 bits per heavy atom. The Morgan fingerprint density at radius 1 is 1.25 bits per heavy atom. The number of hydrogen-bond donors (Lipinski definition) is 0. The van der Waals surface area contributed by atoms with E-state index in [1.54, 1.807) is 0 Å². The molecule has 0 N–H and O–H groups in total. The minimum atomic E-state index is 0.179. The maximum absolute atomic E-state index is 10.1. The van der Waals surface area contributed by atoms with Crippen molar-refractivity contribution in [1.82, 2.24) is 4.90 Å². The second-order valence-corrected chi connectivity index (χ2v) is 3.63. The highest BCUT2D eigenvalue weighted by atomic mass is 16.5. The van der Waals surface area contributed by atoms with Crippen LogP contribution in [-0.2, 0) is 9.53 Å². The zero-order chi connectivity index (χ0) is 8.97. The Labute approximate surface area is 73.7 Å². The van der Waals surface area contributed by atoms with Gasteiger partial charge in [-0.15, -0.1) is 0 Å². The quantitative estimate of drug-likeness (QED) is 0.594. The molecule has 0 unspecified atom stereocenters. The van der Waals surface area contributed by atoms with Gasteiger partial charge in [-0.05, 0) is 39.8 Å². The first-order valence-corrected chi connectivity index (χ1v) is 4.49. The Hall–Kier alpha value is -0.570. The summed E-state index contributed by atoms with van der Waals surface area (Å²) in [6, 6.07) is 0.677. The lowest BCUT2D eigenvalue weighted by Crippen LogP contribution is -2.34. The van der Waals surface area contributed by atoms with Crippen LogP contribution in [0.3, 0.4) is 0 Å². The minimum Gasteiger partial charge on any atom is -0.465 e.